The van der Waals surface area contributed by atoms with Crippen LogP contribution in [-0.2, 0) is 4.79 Å². The summed E-state index contributed by atoms with van der Waals surface area (Å²) in [6.07, 6.45) is 4.55. The highest BCUT2D eigenvalue weighted by Gasteiger charge is 2.54. The fraction of sp³-hybridized carbons (Fsp3) is 0.467. The third-order valence-electron chi connectivity index (χ3n) is 4.60. The van der Waals surface area contributed by atoms with Gasteiger partial charge in [-0.3, -0.25) is 30.6 Å². The van der Waals surface area contributed by atoms with Crippen LogP contribution in [0.25, 0.3) is 0 Å². The summed E-state index contributed by atoms with van der Waals surface area (Å²) in [7, 11) is 0. The first-order chi connectivity index (χ1) is 10.6. The Labute approximate surface area is 127 Å². The summed E-state index contributed by atoms with van der Waals surface area (Å²) in [6.45, 7) is 0. The number of nitrogens with one attached hydrogen (secondary N) is 2. The van der Waals surface area contributed by atoms with Gasteiger partial charge in [-0.2, -0.15) is 0 Å². The molecule has 22 heavy (non-hydrogen) atoms. The molecule has 7 nitrogen and oxygen atoms in total. The first-order valence-corrected chi connectivity index (χ1v) is 7.42. The molecule has 0 spiro atoms. The van der Waals surface area contributed by atoms with E-state index in [1.165, 1.54) is 37.1 Å². The number of hydrazine groups is 1. The van der Waals surface area contributed by atoms with Crippen LogP contribution >= 0.6 is 0 Å². The predicted molar refractivity (Wildman–Crippen MR) is 77.6 cm³/mol. The van der Waals surface area contributed by atoms with E-state index in [0.717, 1.165) is 12.8 Å². The minimum absolute atomic E-state index is 0.0275. The van der Waals surface area contributed by atoms with E-state index in [9.17, 15) is 19.7 Å². The Morgan fingerprint density at radius 3 is 2.18 bits per heavy atom. The lowest BCUT2D eigenvalue weighted by Crippen LogP contribution is -2.42. The van der Waals surface area contributed by atoms with Gasteiger partial charge in [-0.15, -0.1) is 0 Å². The van der Waals surface area contributed by atoms with Crippen LogP contribution in [0.1, 0.15) is 36.0 Å². The maximum absolute atomic E-state index is 12.0. The highest BCUT2D eigenvalue weighted by Crippen LogP contribution is 2.55. The van der Waals surface area contributed by atoms with Crippen LogP contribution < -0.4 is 10.9 Å². The quantitative estimate of drug-likeness (QED) is 0.656. The molecular weight excluding hydrogens is 286 g/mol. The molecule has 2 aliphatic rings. The van der Waals surface area contributed by atoms with Crippen molar-refractivity contribution in [1.29, 1.82) is 0 Å². The lowest BCUT2D eigenvalue weighted by molar-refractivity contribution is -0.384. The molecule has 0 bridgehead atoms. The monoisotopic (exact) mass is 303 g/mol. The Balaban J connectivity index is 1.52. The van der Waals surface area contributed by atoms with Gasteiger partial charge in [0.05, 0.1) is 4.92 Å². The third kappa shape index (κ3) is 2.79. The number of nitro benzene ring substituents is 1. The van der Waals surface area contributed by atoms with Crippen LogP contribution in [0, 0.1) is 27.9 Å². The third-order valence-corrected chi connectivity index (χ3v) is 4.60. The molecular formula is C15H17N3O4. The average Bonchev–Trinajstić information content (AvgIpc) is 3.27. The maximum Gasteiger partial charge on any atom is 0.269 e. The van der Waals surface area contributed by atoms with Gasteiger partial charge in [-0.1, -0.05) is 12.8 Å². The van der Waals surface area contributed by atoms with E-state index in [1.54, 1.807) is 0 Å². The number of nitrogens with zero attached hydrogens (tertiary/aromatic N) is 1. The van der Waals surface area contributed by atoms with Gasteiger partial charge >= 0.3 is 0 Å². The Hall–Kier alpha value is -2.44. The van der Waals surface area contributed by atoms with Gasteiger partial charge in [0.1, 0.15) is 0 Å². The number of non-ortho nitro benzene ring substituents is 1. The van der Waals surface area contributed by atoms with Gasteiger partial charge in [-0.05, 0) is 36.8 Å². The first-order valence-electron chi connectivity index (χ1n) is 7.42. The topological polar surface area (TPSA) is 101 Å². The number of fused-ring (bicyclic) bond motifs is 1. The molecule has 0 saturated heterocycles. The number of carbonyl (C=O) groups is 2. The second kappa shape index (κ2) is 5.75. The number of carbonyl (C=O) groups excluding carboxylic acids is 2. The van der Waals surface area contributed by atoms with Gasteiger partial charge in [0.2, 0.25) is 5.91 Å². The van der Waals surface area contributed by atoms with Gasteiger partial charge in [0.15, 0.2) is 0 Å². The zero-order valence-electron chi connectivity index (χ0n) is 12.0. The summed E-state index contributed by atoms with van der Waals surface area (Å²) in [6, 6.07) is 5.23. The van der Waals surface area contributed by atoms with Gasteiger partial charge < -0.3 is 0 Å². The van der Waals surface area contributed by atoms with Crippen molar-refractivity contribution in [2.24, 2.45) is 17.8 Å². The molecule has 0 aliphatic heterocycles. The molecule has 1 aromatic rings. The molecule has 2 aliphatic carbocycles. The number of hydrogen-bond donors (Lipinski definition) is 2. The van der Waals surface area contributed by atoms with Crippen molar-refractivity contribution >= 4 is 17.5 Å². The normalized spacial score (nSPS) is 25.7. The molecule has 2 fully saturated rings. The summed E-state index contributed by atoms with van der Waals surface area (Å²) >= 11 is 0. The van der Waals surface area contributed by atoms with Crippen molar-refractivity contribution in [3.05, 3.63) is 39.9 Å². The van der Waals surface area contributed by atoms with Crippen LogP contribution in [0.15, 0.2) is 24.3 Å². The van der Waals surface area contributed by atoms with E-state index in [4.69, 9.17) is 0 Å². The highest BCUT2D eigenvalue weighted by molar-refractivity contribution is 5.96. The van der Waals surface area contributed by atoms with Gasteiger partial charge in [0.25, 0.3) is 11.6 Å². The van der Waals surface area contributed by atoms with Crippen LogP contribution in [0.4, 0.5) is 5.69 Å². The van der Waals surface area contributed by atoms with Crippen molar-refractivity contribution in [2.45, 2.75) is 25.7 Å². The highest BCUT2D eigenvalue weighted by atomic mass is 16.6. The van der Waals surface area contributed by atoms with E-state index in [-0.39, 0.29) is 23.1 Å². The summed E-state index contributed by atoms with van der Waals surface area (Å²) in [5.74, 6) is 0.369. The van der Waals surface area contributed by atoms with Crippen molar-refractivity contribution in [3.63, 3.8) is 0 Å². The predicted octanol–water partition coefficient (Wildman–Crippen LogP) is 1.79. The molecule has 1 aromatic carbocycles. The molecule has 0 heterocycles. The SMILES string of the molecule is O=C(NNC(=O)C1C2CCCCC21)c1ccc([N+](=O)[O-])cc1. The number of nitro groups is 1. The molecule has 2 saturated carbocycles. The van der Waals surface area contributed by atoms with Gasteiger partial charge in [0, 0.05) is 23.6 Å². The van der Waals surface area contributed by atoms with Crippen molar-refractivity contribution in [3.8, 4) is 0 Å². The summed E-state index contributed by atoms with van der Waals surface area (Å²) in [4.78, 5) is 33.9. The molecule has 0 aromatic heterocycles. The summed E-state index contributed by atoms with van der Waals surface area (Å²) < 4.78 is 0. The van der Waals surface area contributed by atoms with Crippen molar-refractivity contribution in [2.75, 3.05) is 0 Å². The summed E-state index contributed by atoms with van der Waals surface area (Å²) in [5.41, 5.74) is 5.02. The van der Waals surface area contributed by atoms with E-state index >= 15 is 0 Å². The average molecular weight is 303 g/mol. The fourth-order valence-corrected chi connectivity index (χ4v) is 3.39. The minimum atomic E-state index is -0.529. The summed E-state index contributed by atoms with van der Waals surface area (Å²) in [5, 5.41) is 10.6. The van der Waals surface area contributed by atoms with Crippen molar-refractivity contribution in [1.82, 2.24) is 10.9 Å². The number of rotatable bonds is 3. The second-order valence-electron chi connectivity index (χ2n) is 5.89. The van der Waals surface area contributed by atoms with Crippen LogP contribution in [0.2, 0.25) is 0 Å². The molecule has 2 unspecified atom stereocenters. The minimum Gasteiger partial charge on any atom is -0.273 e. The van der Waals surface area contributed by atoms with E-state index in [2.05, 4.69) is 10.9 Å². The first kappa shape index (κ1) is 14.5. The smallest absolute Gasteiger partial charge is 0.269 e. The number of amides is 2. The van der Waals surface area contributed by atoms with E-state index in [0.29, 0.717) is 11.8 Å². The lowest BCUT2D eigenvalue weighted by atomic mass is 10.0. The fourth-order valence-electron chi connectivity index (χ4n) is 3.39. The Morgan fingerprint density at radius 1 is 1.05 bits per heavy atom. The Bertz CT molecular complexity index is 602. The molecule has 2 atom stereocenters. The van der Waals surface area contributed by atoms with Gasteiger partial charge in [-0.25, -0.2) is 0 Å². The second-order valence-corrected chi connectivity index (χ2v) is 5.89. The maximum atomic E-state index is 12.0. The van der Waals surface area contributed by atoms with E-state index < -0.39 is 10.8 Å². The standard InChI is InChI=1S/C15H17N3O4/c19-14(9-5-7-10(8-6-9)18(21)22)16-17-15(20)13-11-3-1-2-4-12(11)13/h5-8,11-13H,1-4H2,(H,16,19)(H,17,20). The van der Waals surface area contributed by atoms with Crippen LogP contribution in [-0.4, -0.2) is 16.7 Å². The zero-order chi connectivity index (χ0) is 15.7. The molecule has 7 heteroatoms. The zero-order valence-corrected chi connectivity index (χ0v) is 12.0. The number of hydrogen-bond acceptors (Lipinski definition) is 4. The largest absolute Gasteiger partial charge is 0.273 e. The molecule has 2 N–H and O–H groups in total. The van der Waals surface area contributed by atoms with Crippen molar-refractivity contribution < 1.29 is 14.5 Å². The molecule has 2 amide bonds. The molecule has 3 rings (SSSR count). The lowest BCUT2D eigenvalue weighted by Gasteiger charge is -2.07. The van der Waals surface area contributed by atoms with E-state index in [1.807, 2.05) is 0 Å². The Morgan fingerprint density at radius 2 is 1.64 bits per heavy atom. The number of benzene rings is 1. The Kier molecular flexibility index (Phi) is 3.79. The van der Waals surface area contributed by atoms with Crippen LogP contribution in [0.3, 0.4) is 0 Å². The molecule has 0 radical (unpaired) electrons. The van der Waals surface area contributed by atoms with Crippen LogP contribution in [0.5, 0.6) is 0 Å². The molecule has 116 valence electrons.